The summed E-state index contributed by atoms with van der Waals surface area (Å²) in [6.45, 7) is 3.61. The lowest BCUT2D eigenvalue weighted by Gasteiger charge is -2.22. The van der Waals surface area contributed by atoms with Crippen LogP contribution >= 0.6 is 0 Å². The topological polar surface area (TPSA) is 37.3 Å². The van der Waals surface area contributed by atoms with E-state index in [1.165, 1.54) is 0 Å². The zero-order chi connectivity index (χ0) is 9.61. The Bertz CT molecular complexity index is 185. The lowest BCUT2D eigenvalue weighted by Crippen LogP contribution is -2.36. The highest BCUT2D eigenvalue weighted by molar-refractivity contribution is 5.87. The van der Waals surface area contributed by atoms with Crippen LogP contribution in [0.2, 0.25) is 0 Å². The smallest absolute Gasteiger partial charge is 0.165 e. The van der Waals surface area contributed by atoms with Crippen molar-refractivity contribution in [1.29, 1.82) is 0 Å². The monoisotopic (exact) mass is 168 g/mol. The van der Waals surface area contributed by atoms with E-state index in [9.17, 15) is 9.90 Å². The van der Waals surface area contributed by atoms with Gasteiger partial charge >= 0.3 is 0 Å². The van der Waals surface area contributed by atoms with Crippen molar-refractivity contribution in [2.45, 2.75) is 45.1 Å². The van der Waals surface area contributed by atoms with Crippen molar-refractivity contribution >= 4 is 5.78 Å². The first-order valence-electron chi connectivity index (χ1n) is 4.29. The normalized spacial score (nSPS) is 10.8. The summed E-state index contributed by atoms with van der Waals surface area (Å²) < 4.78 is 0. The van der Waals surface area contributed by atoms with Crippen LogP contribution in [0.1, 0.15) is 39.5 Å². The Labute approximate surface area is 74.0 Å². The summed E-state index contributed by atoms with van der Waals surface area (Å²) in [4.78, 5) is 11.3. The largest absolute Gasteiger partial charge is 0.382 e. The van der Waals surface area contributed by atoms with Crippen LogP contribution in [0.5, 0.6) is 0 Å². The molecule has 0 heterocycles. The number of terminal acetylenes is 1. The van der Waals surface area contributed by atoms with Gasteiger partial charge in [0.25, 0.3) is 0 Å². The molecule has 0 saturated heterocycles. The van der Waals surface area contributed by atoms with Gasteiger partial charge in [0, 0.05) is 12.8 Å². The fourth-order valence-corrected chi connectivity index (χ4v) is 1.06. The number of aliphatic hydroxyl groups is 1. The van der Waals surface area contributed by atoms with Gasteiger partial charge < -0.3 is 5.11 Å². The fraction of sp³-hybridized carbons (Fsp3) is 0.700. The van der Waals surface area contributed by atoms with Crippen molar-refractivity contribution in [1.82, 2.24) is 0 Å². The van der Waals surface area contributed by atoms with Gasteiger partial charge in [0.05, 0.1) is 0 Å². The molecule has 0 atom stereocenters. The molecule has 1 N–H and O–H groups in total. The molecule has 0 spiro atoms. The van der Waals surface area contributed by atoms with E-state index in [4.69, 9.17) is 6.42 Å². The van der Waals surface area contributed by atoms with E-state index in [2.05, 4.69) is 5.92 Å². The second-order valence-electron chi connectivity index (χ2n) is 2.87. The average molecular weight is 168 g/mol. The van der Waals surface area contributed by atoms with Gasteiger partial charge in [-0.3, -0.25) is 4.79 Å². The van der Waals surface area contributed by atoms with Crippen LogP contribution in [-0.2, 0) is 4.79 Å². The zero-order valence-corrected chi connectivity index (χ0v) is 7.76. The van der Waals surface area contributed by atoms with Crippen molar-refractivity contribution in [2.75, 3.05) is 0 Å². The minimum Gasteiger partial charge on any atom is -0.382 e. The molecule has 0 rings (SSSR count). The molecule has 0 aliphatic rings. The number of rotatable bonds is 5. The third kappa shape index (κ3) is 2.67. The van der Waals surface area contributed by atoms with Gasteiger partial charge in [-0.25, -0.2) is 0 Å². The van der Waals surface area contributed by atoms with Crippen molar-refractivity contribution in [3.63, 3.8) is 0 Å². The van der Waals surface area contributed by atoms with Gasteiger partial charge in [-0.1, -0.05) is 13.8 Å². The third-order valence-electron chi connectivity index (χ3n) is 2.19. The van der Waals surface area contributed by atoms with E-state index < -0.39 is 5.60 Å². The van der Waals surface area contributed by atoms with E-state index in [0.717, 1.165) is 0 Å². The van der Waals surface area contributed by atoms with Gasteiger partial charge in [-0.15, -0.1) is 12.3 Å². The highest BCUT2D eigenvalue weighted by Crippen LogP contribution is 2.18. The first kappa shape index (κ1) is 11.2. The van der Waals surface area contributed by atoms with E-state index in [1.807, 2.05) is 0 Å². The van der Waals surface area contributed by atoms with Gasteiger partial charge in [0.2, 0.25) is 0 Å². The molecule has 0 aromatic rings. The fourth-order valence-electron chi connectivity index (χ4n) is 1.06. The van der Waals surface area contributed by atoms with Crippen molar-refractivity contribution in [3.8, 4) is 12.3 Å². The second kappa shape index (κ2) is 4.95. The molecule has 0 radical (unpaired) electrons. The SMILES string of the molecule is C#CCCC(=O)C(O)(CC)CC. The molecule has 0 unspecified atom stereocenters. The first-order valence-corrected chi connectivity index (χ1v) is 4.29. The van der Waals surface area contributed by atoms with Crippen LogP contribution in [0.25, 0.3) is 0 Å². The predicted octanol–water partition coefficient (Wildman–Crippen LogP) is 1.52. The average Bonchev–Trinajstić information content (AvgIpc) is 2.12. The molecule has 2 nitrogen and oxygen atoms in total. The highest BCUT2D eigenvalue weighted by Gasteiger charge is 2.30. The molecule has 0 aliphatic carbocycles. The van der Waals surface area contributed by atoms with E-state index in [1.54, 1.807) is 13.8 Å². The predicted molar refractivity (Wildman–Crippen MR) is 48.6 cm³/mol. The van der Waals surface area contributed by atoms with E-state index in [-0.39, 0.29) is 12.2 Å². The summed E-state index contributed by atoms with van der Waals surface area (Å²) in [5.41, 5.74) is -1.14. The Morgan fingerprint density at radius 3 is 2.33 bits per heavy atom. The summed E-state index contributed by atoms with van der Waals surface area (Å²) in [6, 6.07) is 0. The number of hydrogen-bond acceptors (Lipinski definition) is 2. The molecule has 0 aromatic heterocycles. The maximum Gasteiger partial charge on any atom is 0.165 e. The number of carbonyl (C=O) groups excluding carboxylic acids is 1. The Hall–Kier alpha value is -0.810. The van der Waals surface area contributed by atoms with Crippen LogP contribution in [0.15, 0.2) is 0 Å². The summed E-state index contributed by atoms with van der Waals surface area (Å²) in [5, 5.41) is 9.71. The Balaban J connectivity index is 4.14. The van der Waals surface area contributed by atoms with Crippen LogP contribution in [0, 0.1) is 12.3 Å². The van der Waals surface area contributed by atoms with Gasteiger partial charge in [0.1, 0.15) is 5.60 Å². The van der Waals surface area contributed by atoms with Crippen LogP contribution in [0.3, 0.4) is 0 Å². The number of ketones is 1. The molecular weight excluding hydrogens is 152 g/mol. The van der Waals surface area contributed by atoms with Crippen LogP contribution in [-0.4, -0.2) is 16.5 Å². The quantitative estimate of drug-likeness (QED) is 0.632. The molecule has 0 aromatic carbocycles. The maximum atomic E-state index is 11.3. The molecule has 0 fully saturated rings. The molecule has 0 bridgehead atoms. The second-order valence-corrected chi connectivity index (χ2v) is 2.87. The molecule has 12 heavy (non-hydrogen) atoms. The maximum absolute atomic E-state index is 11.3. The van der Waals surface area contributed by atoms with Crippen LogP contribution in [0.4, 0.5) is 0 Å². The first-order chi connectivity index (χ1) is 5.60. The standard InChI is InChI=1S/C10H16O2/c1-4-7-8-9(11)10(12,5-2)6-3/h1,12H,5-8H2,2-3H3. The summed E-state index contributed by atoms with van der Waals surface area (Å²) >= 11 is 0. The van der Waals surface area contributed by atoms with E-state index in [0.29, 0.717) is 19.3 Å². The molecule has 0 aliphatic heterocycles. The van der Waals surface area contributed by atoms with Crippen molar-refractivity contribution in [3.05, 3.63) is 0 Å². The number of Topliss-reactive ketones (excluding diaryl/α,β-unsaturated/α-hetero) is 1. The van der Waals surface area contributed by atoms with Gasteiger partial charge in [-0.05, 0) is 12.8 Å². The minimum absolute atomic E-state index is 0.134. The van der Waals surface area contributed by atoms with Gasteiger partial charge in [-0.2, -0.15) is 0 Å². The van der Waals surface area contributed by atoms with Crippen LogP contribution < -0.4 is 0 Å². The molecular formula is C10H16O2. The molecule has 2 heteroatoms. The minimum atomic E-state index is -1.14. The lowest BCUT2D eigenvalue weighted by molar-refractivity contribution is -0.137. The summed E-state index contributed by atoms with van der Waals surface area (Å²) in [5.74, 6) is 2.25. The Morgan fingerprint density at radius 2 is 2.00 bits per heavy atom. The highest BCUT2D eigenvalue weighted by atomic mass is 16.3. The van der Waals surface area contributed by atoms with Crippen molar-refractivity contribution < 1.29 is 9.90 Å². The Morgan fingerprint density at radius 1 is 1.50 bits per heavy atom. The lowest BCUT2D eigenvalue weighted by atomic mass is 9.90. The molecule has 0 amide bonds. The van der Waals surface area contributed by atoms with E-state index >= 15 is 0 Å². The van der Waals surface area contributed by atoms with Crippen molar-refractivity contribution in [2.24, 2.45) is 0 Å². The summed E-state index contributed by atoms with van der Waals surface area (Å²) in [7, 11) is 0. The number of carbonyl (C=O) groups is 1. The summed E-state index contributed by atoms with van der Waals surface area (Å²) in [6.07, 6.45) is 6.65. The molecule has 68 valence electrons. The Kier molecular flexibility index (Phi) is 4.61. The van der Waals surface area contributed by atoms with Gasteiger partial charge in [0.15, 0.2) is 5.78 Å². The number of hydrogen-bond donors (Lipinski definition) is 1. The molecule has 0 saturated carbocycles. The zero-order valence-electron chi connectivity index (χ0n) is 7.76. The third-order valence-corrected chi connectivity index (χ3v) is 2.19.